The molecule has 0 saturated carbocycles. The molecule has 0 aliphatic carbocycles. The first-order valence-corrected chi connectivity index (χ1v) is 10.7. The fourth-order valence-electron chi connectivity index (χ4n) is 2.75. The van der Waals surface area contributed by atoms with Crippen molar-refractivity contribution < 1.29 is 9.53 Å². The number of rotatable bonds is 7. The van der Waals surface area contributed by atoms with E-state index in [2.05, 4.69) is 52.8 Å². The van der Waals surface area contributed by atoms with E-state index in [1.165, 1.54) is 35.8 Å². The van der Waals surface area contributed by atoms with Gasteiger partial charge in [-0.25, -0.2) is 4.98 Å². The zero-order valence-electron chi connectivity index (χ0n) is 15.6. The third-order valence-electron chi connectivity index (χ3n) is 4.30. The molecule has 1 N–H and O–H groups in total. The maximum atomic E-state index is 12.6. The zero-order valence-corrected chi connectivity index (χ0v) is 17.2. The highest BCUT2D eigenvalue weighted by Crippen LogP contribution is 2.32. The number of thiophene rings is 1. The van der Waals surface area contributed by atoms with Crippen molar-refractivity contribution in [2.24, 2.45) is 0 Å². The number of esters is 1. The maximum Gasteiger partial charge on any atom is 0.305 e. The molecule has 2 heterocycles. The van der Waals surface area contributed by atoms with Crippen molar-refractivity contribution in [1.82, 2.24) is 9.97 Å². The number of ether oxygens (including phenoxy) is 1. The van der Waals surface area contributed by atoms with Crippen molar-refractivity contribution >= 4 is 39.3 Å². The Labute approximate surface area is 166 Å². The minimum Gasteiger partial charge on any atom is -0.469 e. The summed E-state index contributed by atoms with van der Waals surface area (Å²) in [6, 6.07) is 8.34. The quantitative estimate of drug-likeness (QED) is 0.265. The van der Waals surface area contributed by atoms with E-state index in [0.717, 1.165) is 16.0 Å². The van der Waals surface area contributed by atoms with Gasteiger partial charge in [-0.1, -0.05) is 49.9 Å². The van der Waals surface area contributed by atoms with Crippen molar-refractivity contribution in [3.05, 3.63) is 45.6 Å². The SMILES string of the molecule is COC(=O)CCCSc1nc2scc(-c3ccc(C(C)C)cc3)c2c(=O)[nH]1. The Balaban J connectivity index is 1.80. The molecule has 3 aromatic rings. The number of nitrogens with one attached hydrogen (secondary N) is 1. The van der Waals surface area contributed by atoms with Gasteiger partial charge in [0.25, 0.3) is 5.56 Å². The lowest BCUT2D eigenvalue weighted by Gasteiger charge is -2.06. The molecule has 0 unspecified atom stereocenters. The van der Waals surface area contributed by atoms with E-state index in [1.807, 2.05) is 5.38 Å². The predicted octanol–water partition coefficient (Wildman–Crippen LogP) is 4.82. The summed E-state index contributed by atoms with van der Waals surface area (Å²) >= 11 is 2.92. The molecule has 2 aromatic heterocycles. The third kappa shape index (κ3) is 4.59. The van der Waals surface area contributed by atoms with Gasteiger partial charge in [0.05, 0.1) is 12.5 Å². The van der Waals surface area contributed by atoms with Gasteiger partial charge >= 0.3 is 5.97 Å². The van der Waals surface area contributed by atoms with Gasteiger partial charge in [0.2, 0.25) is 0 Å². The van der Waals surface area contributed by atoms with Crippen LogP contribution in [0.4, 0.5) is 0 Å². The smallest absolute Gasteiger partial charge is 0.305 e. The van der Waals surface area contributed by atoms with E-state index in [9.17, 15) is 9.59 Å². The molecule has 0 radical (unpaired) electrons. The molecule has 7 heteroatoms. The van der Waals surface area contributed by atoms with Crippen molar-refractivity contribution in [3.8, 4) is 11.1 Å². The summed E-state index contributed by atoms with van der Waals surface area (Å²) in [7, 11) is 1.38. The lowest BCUT2D eigenvalue weighted by atomic mass is 9.99. The lowest BCUT2D eigenvalue weighted by molar-refractivity contribution is -0.140. The van der Waals surface area contributed by atoms with Crippen LogP contribution in [-0.2, 0) is 9.53 Å². The number of carbonyl (C=O) groups is 1. The maximum absolute atomic E-state index is 12.6. The van der Waals surface area contributed by atoms with Crippen LogP contribution in [0.2, 0.25) is 0 Å². The summed E-state index contributed by atoms with van der Waals surface area (Å²) in [6.45, 7) is 4.32. The van der Waals surface area contributed by atoms with Gasteiger partial charge in [0.1, 0.15) is 4.83 Å². The van der Waals surface area contributed by atoms with Crippen molar-refractivity contribution in [2.75, 3.05) is 12.9 Å². The average Bonchev–Trinajstić information content (AvgIpc) is 3.09. The number of aromatic amines is 1. The third-order valence-corrected chi connectivity index (χ3v) is 6.13. The van der Waals surface area contributed by atoms with Crippen molar-refractivity contribution in [2.45, 2.75) is 37.8 Å². The molecule has 0 fully saturated rings. The van der Waals surface area contributed by atoms with Crippen LogP contribution in [0, 0.1) is 0 Å². The highest BCUT2D eigenvalue weighted by atomic mass is 32.2. The fourth-order valence-corrected chi connectivity index (χ4v) is 4.55. The predicted molar refractivity (Wildman–Crippen MR) is 112 cm³/mol. The van der Waals surface area contributed by atoms with Crippen LogP contribution >= 0.6 is 23.1 Å². The van der Waals surface area contributed by atoms with Crippen LogP contribution < -0.4 is 5.56 Å². The monoisotopic (exact) mass is 402 g/mol. The molecule has 0 atom stereocenters. The summed E-state index contributed by atoms with van der Waals surface area (Å²) < 4.78 is 4.62. The zero-order chi connectivity index (χ0) is 19.4. The number of benzene rings is 1. The number of H-pyrrole nitrogens is 1. The Kier molecular flexibility index (Phi) is 6.34. The number of fused-ring (bicyclic) bond motifs is 1. The number of aromatic nitrogens is 2. The van der Waals surface area contributed by atoms with Crippen LogP contribution in [0.1, 0.15) is 38.2 Å². The molecule has 3 rings (SSSR count). The summed E-state index contributed by atoms with van der Waals surface area (Å²) in [5.41, 5.74) is 3.09. The van der Waals surface area contributed by atoms with Gasteiger partial charge in [-0.2, -0.15) is 0 Å². The van der Waals surface area contributed by atoms with E-state index < -0.39 is 0 Å². The van der Waals surface area contributed by atoms with Gasteiger partial charge in [0.15, 0.2) is 5.16 Å². The van der Waals surface area contributed by atoms with E-state index in [0.29, 0.717) is 35.1 Å². The van der Waals surface area contributed by atoms with Gasteiger partial charge in [-0.05, 0) is 23.5 Å². The molecule has 142 valence electrons. The number of carbonyl (C=O) groups excluding carboxylic acids is 1. The molecular formula is C20H22N2O3S2. The Morgan fingerprint density at radius 3 is 2.70 bits per heavy atom. The standard InChI is InChI=1S/C20H22N2O3S2/c1-12(2)13-6-8-14(9-7-13)15-11-27-19-17(15)18(24)21-20(22-19)26-10-4-5-16(23)25-3/h6-9,11-12H,4-5,10H2,1-3H3,(H,21,22,24). The molecule has 0 spiro atoms. The molecule has 1 aromatic carbocycles. The number of hydrogen-bond acceptors (Lipinski definition) is 6. The van der Waals surface area contributed by atoms with Crippen LogP contribution in [0.25, 0.3) is 21.3 Å². The largest absolute Gasteiger partial charge is 0.469 e. The molecule has 5 nitrogen and oxygen atoms in total. The molecule has 0 bridgehead atoms. The number of hydrogen-bond donors (Lipinski definition) is 1. The minimum absolute atomic E-state index is 0.125. The summed E-state index contributed by atoms with van der Waals surface area (Å²) in [5, 5.41) is 3.21. The van der Waals surface area contributed by atoms with Crippen LogP contribution in [0.5, 0.6) is 0 Å². The molecule has 27 heavy (non-hydrogen) atoms. The Morgan fingerprint density at radius 2 is 2.04 bits per heavy atom. The second-order valence-corrected chi connectivity index (χ2v) is 8.45. The summed E-state index contributed by atoms with van der Waals surface area (Å²) in [4.78, 5) is 32.0. The van der Waals surface area contributed by atoms with E-state index in [1.54, 1.807) is 0 Å². The van der Waals surface area contributed by atoms with Gasteiger partial charge in [0, 0.05) is 23.1 Å². The Bertz CT molecular complexity index is 991. The van der Waals surface area contributed by atoms with Crippen LogP contribution in [0.15, 0.2) is 39.6 Å². The first-order valence-electron chi connectivity index (χ1n) is 8.81. The molecular weight excluding hydrogens is 380 g/mol. The minimum atomic E-state index is -0.223. The normalized spacial score (nSPS) is 11.3. The van der Waals surface area contributed by atoms with Crippen LogP contribution in [0.3, 0.4) is 0 Å². The first kappa shape index (κ1) is 19.6. The van der Waals surface area contributed by atoms with Crippen LogP contribution in [-0.4, -0.2) is 28.8 Å². The summed E-state index contributed by atoms with van der Waals surface area (Å²) in [5.74, 6) is 0.944. The molecule has 0 aliphatic heterocycles. The molecule has 0 saturated heterocycles. The number of thioether (sulfide) groups is 1. The Morgan fingerprint density at radius 1 is 1.30 bits per heavy atom. The van der Waals surface area contributed by atoms with E-state index >= 15 is 0 Å². The first-order chi connectivity index (χ1) is 13.0. The molecule has 0 amide bonds. The molecule has 0 aliphatic rings. The average molecular weight is 403 g/mol. The highest BCUT2D eigenvalue weighted by Gasteiger charge is 2.13. The van der Waals surface area contributed by atoms with E-state index in [4.69, 9.17) is 0 Å². The fraction of sp³-hybridized carbons (Fsp3) is 0.350. The topological polar surface area (TPSA) is 72.0 Å². The number of nitrogens with zero attached hydrogens (tertiary/aromatic N) is 1. The summed E-state index contributed by atoms with van der Waals surface area (Å²) in [6.07, 6.45) is 1.04. The highest BCUT2D eigenvalue weighted by molar-refractivity contribution is 7.99. The van der Waals surface area contributed by atoms with Gasteiger partial charge < -0.3 is 9.72 Å². The number of methoxy groups -OCH3 is 1. The Hall–Kier alpha value is -2.12. The second kappa shape index (κ2) is 8.71. The second-order valence-electron chi connectivity index (χ2n) is 6.51. The lowest BCUT2D eigenvalue weighted by Crippen LogP contribution is -2.09. The van der Waals surface area contributed by atoms with E-state index in [-0.39, 0.29) is 11.5 Å². The van der Waals surface area contributed by atoms with Gasteiger partial charge in [-0.3, -0.25) is 9.59 Å². The van der Waals surface area contributed by atoms with Crippen molar-refractivity contribution in [3.63, 3.8) is 0 Å². The van der Waals surface area contributed by atoms with Crippen molar-refractivity contribution in [1.29, 1.82) is 0 Å². The van der Waals surface area contributed by atoms with Gasteiger partial charge in [-0.15, -0.1) is 11.3 Å².